The maximum absolute atomic E-state index is 12.8. The van der Waals surface area contributed by atoms with E-state index < -0.39 is 18.0 Å². The topological polar surface area (TPSA) is 64.6 Å². The third-order valence-electron chi connectivity index (χ3n) is 3.63. The van der Waals surface area contributed by atoms with Crippen LogP contribution in [0, 0.1) is 12.7 Å². The van der Waals surface area contributed by atoms with Gasteiger partial charge in [-0.3, -0.25) is 4.79 Å². The van der Waals surface area contributed by atoms with Gasteiger partial charge in [-0.25, -0.2) is 9.18 Å². The van der Waals surface area contributed by atoms with E-state index in [1.54, 1.807) is 25.1 Å². The fraction of sp³-hybridized carbons (Fsp3) is 0.300. The molecular formula is C20H22FNO4. The highest BCUT2D eigenvalue weighted by Crippen LogP contribution is 2.14. The van der Waals surface area contributed by atoms with Crippen molar-refractivity contribution in [2.75, 3.05) is 13.2 Å². The highest BCUT2D eigenvalue weighted by Gasteiger charge is 2.17. The predicted molar refractivity (Wildman–Crippen MR) is 95.3 cm³/mol. The van der Waals surface area contributed by atoms with Crippen LogP contribution in [0.4, 0.5) is 4.39 Å². The molecule has 0 spiro atoms. The minimum atomic E-state index is -0.816. The van der Waals surface area contributed by atoms with Gasteiger partial charge in [-0.15, -0.1) is 0 Å². The molecule has 0 aromatic heterocycles. The summed E-state index contributed by atoms with van der Waals surface area (Å²) in [6, 6.07) is 13.4. The number of carbonyl (C=O) groups is 2. The van der Waals surface area contributed by atoms with Gasteiger partial charge in [0, 0.05) is 6.54 Å². The van der Waals surface area contributed by atoms with Crippen LogP contribution in [-0.4, -0.2) is 31.1 Å². The van der Waals surface area contributed by atoms with E-state index in [1.165, 1.54) is 12.1 Å². The largest absolute Gasteiger partial charge is 0.479 e. The molecule has 0 fully saturated rings. The van der Waals surface area contributed by atoms with E-state index in [2.05, 4.69) is 5.32 Å². The molecule has 0 aliphatic heterocycles. The smallest absolute Gasteiger partial charge is 0.347 e. The summed E-state index contributed by atoms with van der Waals surface area (Å²) in [7, 11) is 0. The number of amides is 1. The summed E-state index contributed by atoms with van der Waals surface area (Å²) >= 11 is 0. The number of nitrogens with one attached hydrogen (secondary N) is 1. The average Bonchev–Trinajstić information content (AvgIpc) is 2.61. The lowest BCUT2D eigenvalue weighted by atomic mass is 10.1. The van der Waals surface area contributed by atoms with E-state index in [1.807, 2.05) is 25.1 Å². The van der Waals surface area contributed by atoms with Crippen LogP contribution in [0.3, 0.4) is 0 Å². The Labute approximate surface area is 152 Å². The lowest BCUT2D eigenvalue weighted by molar-refractivity contribution is -0.154. The number of benzene rings is 2. The van der Waals surface area contributed by atoms with Gasteiger partial charge in [-0.2, -0.15) is 0 Å². The van der Waals surface area contributed by atoms with Crippen molar-refractivity contribution < 1.29 is 23.5 Å². The molecule has 0 saturated heterocycles. The lowest BCUT2D eigenvalue weighted by Gasteiger charge is -2.14. The van der Waals surface area contributed by atoms with Crippen molar-refractivity contribution in [3.05, 3.63) is 65.5 Å². The molecule has 0 bridgehead atoms. The van der Waals surface area contributed by atoms with Gasteiger partial charge in [0.15, 0.2) is 12.7 Å². The third kappa shape index (κ3) is 6.55. The zero-order valence-corrected chi connectivity index (χ0v) is 14.8. The Kier molecular flexibility index (Phi) is 7.14. The van der Waals surface area contributed by atoms with Crippen molar-refractivity contribution in [3.63, 3.8) is 0 Å². The maximum Gasteiger partial charge on any atom is 0.347 e. The van der Waals surface area contributed by atoms with Crippen molar-refractivity contribution in [1.29, 1.82) is 0 Å². The second kappa shape index (κ2) is 9.56. The summed E-state index contributed by atoms with van der Waals surface area (Å²) in [4.78, 5) is 23.6. The van der Waals surface area contributed by atoms with Gasteiger partial charge in [0.05, 0.1) is 0 Å². The molecule has 2 rings (SSSR count). The molecule has 0 unspecified atom stereocenters. The summed E-state index contributed by atoms with van der Waals surface area (Å²) in [5.41, 5.74) is 1.92. The van der Waals surface area contributed by atoms with Gasteiger partial charge in [0.1, 0.15) is 11.6 Å². The van der Waals surface area contributed by atoms with Gasteiger partial charge in [-0.1, -0.05) is 24.3 Å². The average molecular weight is 359 g/mol. The molecule has 0 aliphatic carbocycles. The number of aryl methyl sites for hydroxylation is 1. The number of carbonyl (C=O) groups excluding carboxylic acids is 2. The van der Waals surface area contributed by atoms with Crippen molar-refractivity contribution in [2.45, 2.75) is 26.4 Å². The van der Waals surface area contributed by atoms with Gasteiger partial charge in [0.25, 0.3) is 5.91 Å². The Hall–Kier alpha value is -2.89. The van der Waals surface area contributed by atoms with E-state index >= 15 is 0 Å². The van der Waals surface area contributed by atoms with E-state index in [-0.39, 0.29) is 12.4 Å². The van der Waals surface area contributed by atoms with Gasteiger partial charge >= 0.3 is 5.97 Å². The van der Waals surface area contributed by atoms with Crippen LogP contribution in [0.25, 0.3) is 0 Å². The molecular weight excluding hydrogens is 337 g/mol. The standard InChI is InChI=1S/C20H22FNO4/c1-14-4-3-5-18(12-14)26-15(2)20(24)25-13-19(23)22-11-10-16-6-8-17(21)9-7-16/h3-9,12,15H,10-11,13H2,1-2H3,(H,22,23)/t15-/m0/s1. The molecule has 2 aromatic carbocycles. The normalized spacial score (nSPS) is 11.5. The molecule has 1 amide bonds. The van der Waals surface area contributed by atoms with Crippen LogP contribution in [0.5, 0.6) is 5.75 Å². The van der Waals surface area contributed by atoms with Crippen molar-refractivity contribution >= 4 is 11.9 Å². The quantitative estimate of drug-likeness (QED) is 0.736. The minimum Gasteiger partial charge on any atom is -0.479 e. The number of esters is 1. The summed E-state index contributed by atoms with van der Waals surface area (Å²) in [5.74, 6) is -0.742. The first kappa shape index (κ1) is 19.4. The van der Waals surface area contributed by atoms with Gasteiger partial charge in [0.2, 0.25) is 0 Å². The van der Waals surface area contributed by atoms with Crippen LogP contribution < -0.4 is 10.1 Å². The van der Waals surface area contributed by atoms with E-state index in [0.717, 1.165) is 11.1 Å². The SMILES string of the molecule is Cc1cccc(O[C@@H](C)C(=O)OCC(=O)NCCc2ccc(F)cc2)c1. The van der Waals surface area contributed by atoms with Crippen molar-refractivity contribution in [2.24, 2.45) is 0 Å². The van der Waals surface area contributed by atoms with Crippen LogP contribution in [0.2, 0.25) is 0 Å². The van der Waals surface area contributed by atoms with Crippen LogP contribution in [0.1, 0.15) is 18.1 Å². The molecule has 1 atom stereocenters. The van der Waals surface area contributed by atoms with Gasteiger partial charge in [-0.05, 0) is 55.7 Å². The minimum absolute atomic E-state index is 0.299. The Morgan fingerprint density at radius 2 is 1.88 bits per heavy atom. The molecule has 6 heteroatoms. The second-order valence-electron chi connectivity index (χ2n) is 5.91. The molecule has 138 valence electrons. The predicted octanol–water partition coefficient (Wildman–Crippen LogP) is 2.80. The number of rotatable bonds is 8. The number of halogens is 1. The number of hydrogen-bond donors (Lipinski definition) is 1. The third-order valence-corrected chi connectivity index (χ3v) is 3.63. The number of hydrogen-bond acceptors (Lipinski definition) is 4. The summed E-state index contributed by atoms with van der Waals surface area (Å²) in [5, 5.41) is 2.65. The molecule has 1 N–H and O–H groups in total. The van der Waals surface area contributed by atoms with E-state index in [0.29, 0.717) is 18.7 Å². The molecule has 5 nitrogen and oxygen atoms in total. The second-order valence-corrected chi connectivity index (χ2v) is 5.91. The van der Waals surface area contributed by atoms with Crippen LogP contribution in [0.15, 0.2) is 48.5 Å². The van der Waals surface area contributed by atoms with Gasteiger partial charge < -0.3 is 14.8 Å². The summed E-state index contributed by atoms with van der Waals surface area (Å²) < 4.78 is 23.3. The Morgan fingerprint density at radius 3 is 2.58 bits per heavy atom. The molecule has 0 saturated carbocycles. The first-order chi connectivity index (χ1) is 12.4. The zero-order valence-electron chi connectivity index (χ0n) is 14.8. The highest BCUT2D eigenvalue weighted by atomic mass is 19.1. The van der Waals surface area contributed by atoms with Crippen LogP contribution >= 0.6 is 0 Å². The fourth-order valence-corrected chi connectivity index (χ4v) is 2.24. The maximum atomic E-state index is 12.8. The lowest BCUT2D eigenvalue weighted by Crippen LogP contribution is -2.33. The first-order valence-corrected chi connectivity index (χ1v) is 8.35. The Balaban J connectivity index is 1.67. The van der Waals surface area contributed by atoms with Crippen LogP contribution in [-0.2, 0) is 20.7 Å². The Bertz CT molecular complexity index is 746. The van der Waals surface area contributed by atoms with E-state index in [4.69, 9.17) is 9.47 Å². The zero-order chi connectivity index (χ0) is 18.9. The van der Waals surface area contributed by atoms with Crippen molar-refractivity contribution in [3.8, 4) is 5.75 Å². The van der Waals surface area contributed by atoms with E-state index in [9.17, 15) is 14.0 Å². The van der Waals surface area contributed by atoms with Crippen molar-refractivity contribution in [1.82, 2.24) is 5.32 Å². The molecule has 26 heavy (non-hydrogen) atoms. The molecule has 0 heterocycles. The summed E-state index contributed by atoms with van der Waals surface area (Å²) in [6.07, 6.45) is -0.254. The highest BCUT2D eigenvalue weighted by molar-refractivity contribution is 5.81. The molecule has 0 aliphatic rings. The first-order valence-electron chi connectivity index (χ1n) is 8.35. The monoisotopic (exact) mass is 359 g/mol. The molecule has 0 radical (unpaired) electrons. The number of ether oxygens (including phenoxy) is 2. The fourth-order valence-electron chi connectivity index (χ4n) is 2.24. The summed E-state index contributed by atoms with van der Waals surface area (Å²) in [6.45, 7) is 3.49. The Morgan fingerprint density at radius 1 is 1.15 bits per heavy atom. The molecule has 2 aromatic rings.